The van der Waals surface area contributed by atoms with Crippen LogP contribution in [0.25, 0.3) is 10.9 Å². The summed E-state index contributed by atoms with van der Waals surface area (Å²) in [5, 5.41) is 15.6. The molecule has 0 amide bonds. The highest BCUT2D eigenvalue weighted by Crippen LogP contribution is 2.31. The Morgan fingerprint density at radius 1 is 1.09 bits per heavy atom. The van der Waals surface area contributed by atoms with Gasteiger partial charge in [-0.05, 0) is 73.5 Å². The number of nitrogens with zero attached hydrogens (tertiary/aromatic N) is 2. The molecule has 1 fully saturated rings. The minimum Gasteiger partial charge on any atom is -0.497 e. The molecule has 0 unspecified atom stereocenters. The molecule has 0 saturated carbocycles. The molecule has 0 radical (unpaired) electrons. The van der Waals surface area contributed by atoms with E-state index in [2.05, 4.69) is 27.3 Å². The third-order valence-corrected chi connectivity index (χ3v) is 6.56. The predicted molar refractivity (Wildman–Crippen MR) is 127 cm³/mol. The normalized spacial score (nSPS) is 17.8. The monoisotopic (exact) mass is 449 g/mol. The number of hydrogen-bond donors (Lipinski definition) is 2. The van der Waals surface area contributed by atoms with Crippen molar-refractivity contribution in [1.82, 2.24) is 15.2 Å². The van der Waals surface area contributed by atoms with E-state index in [1.54, 1.807) is 13.3 Å². The van der Waals surface area contributed by atoms with Gasteiger partial charge in [0.05, 0.1) is 18.7 Å². The van der Waals surface area contributed by atoms with Crippen molar-refractivity contribution in [3.63, 3.8) is 0 Å². The zero-order chi connectivity index (χ0) is 22.6. The van der Waals surface area contributed by atoms with Crippen LogP contribution in [0.5, 0.6) is 17.2 Å². The molecule has 1 aromatic heterocycles. The van der Waals surface area contributed by atoms with Crippen molar-refractivity contribution in [2.45, 2.75) is 31.5 Å². The van der Waals surface area contributed by atoms with Gasteiger partial charge in [0.25, 0.3) is 0 Å². The average molecular weight is 450 g/mol. The Bertz CT molecular complexity index is 1100. The molecular weight excluding hydrogens is 418 g/mol. The Balaban J connectivity index is 1.14. The van der Waals surface area contributed by atoms with E-state index in [0.29, 0.717) is 25.8 Å². The number of benzene rings is 2. The molecule has 3 heterocycles. The van der Waals surface area contributed by atoms with Gasteiger partial charge in [0.15, 0.2) is 11.5 Å². The molecule has 2 aliphatic heterocycles. The van der Waals surface area contributed by atoms with Crippen molar-refractivity contribution in [3.8, 4) is 17.2 Å². The quantitative estimate of drug-likeness (QED) is 0.573. The molecule has 0 aliphatic carbocycles. The van der Waals surface area contributed by atoms with Crippen molar-refractivity contribution in [2.75, 3.05) is 40.0 Å². The van der Waals surface area contributed by atoms with Gasteiger partial charge in [-0.3, -0.25) is 4.98 Å². The van der Waals surface area contributed by atoms with E-state index in [0.717, 1.165) is 66.2 Å². The van der Waals surface area contributed by atoms with Gasteiger partial charge in [0.2, 0.25) is 0 Å². The summed E-state index contributed by atoms with van der Waals surface area (Å²) in [6.07, 6.45) is 3.32. The van der Waals surface area contributed by atoms with Crippen molar-refractivity contribution in [1.29, 1.82) is 0 Å². The minimum atomic E-state index is -0.565. The number of hydrogen-bond acceptors (Lipinski definition) is 7. The largest absolute Gasteiger partial charge is 0.497 e. The molecule has 2 N–H and O–H groups in total. The van der Waals surface area contributed by atoms with Gasteiger partial charge in [-0.25, -0.2) is 0 Å². The van der Waals surface area contributed by atoms with Crippen LogP contribution in [0.4, 0.5) is 0 Å². The summed E-state index contributed by atoms with van der Waals surface area (Å²) >= 11 is 0. The summed E-state index contributed by atoms with van der Waals surface area (Å²) in [6, 6.07) is 14.3. The molecule has 1 saturated heterocycles. The molecule has 3 aromatic rings. The maximum absolute atomic E-state index is 11.0. The van der Waals surface area contributed by atoms with E-state index in [1.165, 1.54) is 5.56 Å². The molecule has 7 heteroatoms. The van der Waals surface area contributed by atoms with E-state index in [1.807, 2.05) is 30.3 Å². The van der Waals surface area contributed by atoms with Gasteiger partial charge in [-0.2, -0.15) is 0 Å². The predicted octanol–water partition coefficient (Wildman–Crippen LogP) is 3.30. The second kappa shape index (κ2) is 9.95. The maximum Gasteiger partial charge on any atom is 0.161 e. The third kappa shape index (κ3) is 5.05. The maximum atomic E-state index is 11.0. The highest BCUT2D eigenvalue weighted by atomic mass is 16.6. The summed E-state index contributed by atoms with van der Waals surface area (Å²) in [5.74, 6) is 2.44. The average Bonchev–Trinajstić information content (AvgIpc) is 2.87. The number of aliphatic hydroxyl groups is 1. The van der Waals surface area contributed by atoms with Crippen molar-refractivity contribution < 1.29 is 19.3 Å². The molecule has 1 atom stereocenters. The van der Waals surface area contributed by atoms with Crippen LogP contribution in [0.15, 0.2) is 48.7 Å². The molecule has 2 aromatic carbocycles. The molecule has 0 bridgehead atoms. The number of piperidine rings is 1. The van der Waals surface area contributed by atoms with Crippen LogP contribution in [0.3, 0.4) is 0 Å². The van der Waals surface area contributed by atoms with Gasteiger partial charge in [0, 0.05) is 30.7 Å². The summed E-state index contributed by atoms with van der Waals surface area (Å²) in [5.41, 5.74) is 2.98. The fourth-order valence-corrected chi connectivity index (χ4v) is 4.69. The van der Waals surface area contributed by atoms with Gasteiger partial charge in [0.1, 0.15) is 19.0 Å². The first-order valence-corrected chi connectivity index (χ1v) is 11.6. The Kier molecular flexibility index (Phi) is 6.62. The number of methoxy groups -OCH3 is 1. The molecule has 174 valence electrons. The SMILES string of the molecule is COc1ccc2nccc([C@@H](O)CN3CCC(NCc4ccc5c(c4)OCCO5)CC3)c2c1. The first kappa shape index (κ1) is 21.9. The van der Waals surface area contributed by atoms with Crippen molar-refractivity contribution >= 4 is 10.9 Å². The number of aromatic nitrogens is 1. The van der Waals surface area contributed by atoms with Crippen LogP contribution in [0, 0.1) is 0 Å². The molecule has 2 aliphatic rings. The van der Waals surface area contributed by atoms with Crippen LogP contribution < -0.4 is 19.5 Å². The van der Waals surface area contributed by atoms with Crippen LogP contribution in [0.1, 0.15) is 30.1 Å². The molecular formula is C26H31N3O4. The van der Waals surface area contributed by atoms with Crippen LogP contribution in [0.2, 0.25) is 0 Å². The third-order valence-electron chi connectivity index (χ3n) is 6.56. The zero-order valence-electron chi connectivity index (χ0n) is 19.0. The summed E-state index contributed by atoms with van der Waals surface area (Å²) in [6.45, 7) is 4.57. The van der Waals surface area contributed by atoms with E-state index < -0.39 is 6.10 Å². The molecule has 5 rings (SSSR count). The van der Waals surface area contributed by atoms with Crippen molar-refractivity contribution in [3.05, 3.63) is 59.8 Å². The van der Waals surface area contributed by atoms with Gasteiger partial charge in [-0.1, -0.05) is 6.07 Å². The Morgan fingerprint density at radius 3 is 2.73 bits per heavy atom. The lowest BCUT2D eigenvalue weighted by atomic mass is 10.0. The number of nitrogens with one attached hydrogen (secondary N) is 1. The molecule has 7 nitrogen and oxygen atoms in total. The molecule has 0 spiro atoms. The fraction of sp³-hybridized carbons (Fsp3) is 0.423. The second-order valence-corrected chi connectivity index (χ2v) is 8.73. The van der Waals surface area contributed by atoms with Crippen LogP contribution >= 0.6 is 0 Å². The summed E-state index contributed by atoms with van der Waals surface area (Å²) < 4.78 is 16.7. The first-order valence-electron chi connectivity index (χ1n) is 11.6. The smallest absolute Gasteiger partial charge is 0.161 e. The number of rotatable bonds is 7. The minimum absolute atomic E-state index is 0.470. The van der Waals surface area contributed by atoms with E-state index in [4.69, 9.17) is 14.2 Å². The number of pyridine rings is 1. The lowest BCUT2D eigenvalue weighted by Gasteiger charge is -2.34. The number of ether oxygens (including phenoxy) is 3. The van der Waals surface area contributed by atoms with Gasteiger partial charge in [-0.15, -0.1) is 0 Å². The highest BCUT2D eigenvalue weighted by molar-refractivity contribution is 5.83. The van der Waals surface area contributed by atoms with E-state index in [9.17, 15) is 5.11 Å². The van der Waals surface area contributed by atoms with E-state index in [-0.39, 0.29) is 0 Å². The topological polar surface area (TPSA) is 76.1 Å². The number of β-amino-alcohol motifs (C(OH)–C–C–N with tert-alkyl or cyclic N) is 1. The molecule has 33 heavy (non-hydrogen) atoms. The van der Waals surface area contributed by atoms with Gasteiger partial charge < -0.3 is 29.5 Å². The number of likely N-dealkylation sites (tertiary alicyclic amines) is 1. The summed E-state index contributed by atoms with van der Waals surface area (Å²) in [7, 11) is 1.65. The Labute approximate surface area is 194 Å². The van der Waals surface area contributed by atoms with Crippen LogP contribution in [-0.2, 0) is 6.54 Å². The lowest BCUT2D eigenvalue weighted by Crippen LogP contribution is -2.43. The summed E-state index contributed by atoms with van der Waals surface area (Å²) in [4.78, 5) is 6.77. The van der Waals surface area contributed by atoms with Crippen molar-refractivity contribution in [2.24, 2.45) is 0 Å². The fourth-order valence-electron chi connectivity index (χ4n) is 4.69. The lowest BCUT2D eigenvalue weighted by molar-refractivity contribution is 0.0949. The highest BCUT2D eigenvalue weighted by Gasteiger charge is 2.22. The number of fused-ring (bicyclic) bond motifs is 2. The zero-order valence-corrected chi connectivity index (χ0v) is 19.0. The van der Waals surface area contributed by atoms with E-state index >= 15 is 0 Å². The Hall–Kier alpha value is -2.87. The standard InChI is InChI=1S/C26H31N3O4/c1-31-20-3-4-23-22(15-20)21(6-9-27-23)24(30)17-29-10-7-19(8-11-29)28-16-18-2-5-25-26(14-18)33-13-12-32-25/h2-6,9,14-15,19,24,28,30H,7-8,10-13,16-17H2,1H3/t24-/m0/s1. The number of aliphatic hydroxyl groups excluding tert-OH is 1. The van der Waals surface area contributed by atoms with Gasteiger partial charge >= 0.3 is 0 Å². The Morgan fingerprint density at radius 2 is 1.91 bits per heavy atom. The second-order valence-electron chi connectivity index (χ2n) is 8.73. The first-order chi connectivity index (χ1) is 16.2. The van der Waals surface area contributed by atoms with Crippen LogP contribution in [-0.4, -0.2) is 61.0 Å².